The van der Waals surface area contributed by atoms with Gasteiger partial charge in [0.1, 0.15) is 0 Å². The van der Waals surface area contributed by atoms with Gasteiger partial charge in [0.2, 0.25) is 0 Å². The summed E-state index contributed by atoms with van der Waals surface area (Å²) >= 11 is 5.93. The van der Waals surface area contributed by atoms with Gasteiger partial charge in [-0.25, -0.2) is 0 Å². The van der Waals surface area contributed by atoms with E-state index in [1.165, 1.54) is 0 Å². The summed E-state index contributed by atoms with van der Waals surface area (Å²) in [5, 5.41) is 0.691. The second-order valence-electron chi connectivity index (χ2n) is 6.46. The molecule has 7 heteroatoms. The summed E-state index contributed by atoms with van der Waals surface area (Å²) in [4.78, 5) is 18.9. The lowest BCUT2D eigenvalue weighted by Gasteiger charge is -2.33. The second kappa shape index (κ2) is 10.1. The number of benzene rings is 1. The van der Waals surface area contributed by atoms with Gasteiger partial charge in [0.25, 0.3) is 5.91 Å². The topological polar surface area (TPSA) is 59.2 Å². The fourth-order valence-electron chi connectivity index (χ4n) is 3.17. The van der Waals surface area contributed by atoms with Crippen molar-refractivity contribution in [2.75, 3.05) is 13.1 Å². The van der Waals surface area contributed by atoms with Gasteiger partial charge in [-0.15, -0.1) is 24.8 Å². The Kier molecular flexibility index (Phi) is 8.84. The lowest BCUT2D eigenvalue weighted by Crippen LogP contribution is -2.42. The third kappa shape index (κ3) is 5.34. The van der Waals surface area contributed by atoms with Crippen molar-refractivity contribution in [2.24, 2.45) is 11.7 Å². The summed E-state index contributed by atoms with van der Waals surface area (Å²) < 4.78 is 0. The molecule has 2 heterocycles. The largest absolute Gasteiger partial charge is 0.339 e. The first kappa shape index (κ1) is 22.7. The molecule has 1 atom stereocenters. The van der Waals surface area contributed by atoms with E-state index in [-0.39, 0.29) is 36.8 Å². The average Bonchev–Trinajstić information content (AvgIpc) is 2.62. The van der Waals surface area contributed by atoms with Crippen LogP contribution in [0.1, 0.15) is 30.1 Å². The number of pyridine rings is 1. The summed E-state index contributed by atoms with van der Waals surface area (Å²) in [7, 11) is 0. The summed E-state index contributed by atoms with van der Waals surface area (Å²) in [6.07, 6.45) is 5.34. The van der Waals surface area contributed by atoms with Crippen LogP contribution in [0.4, 0.5) is 0 Å². The van der Waals surface area contributed by atoms with Gasteiger partial charge in [-0.05, 0) is 49.4 Å². The maximum atomic E-state index is 12.7. The van der Waals surface area contributed by atoms with E-state index in [1.807, 2.05) is 42.2 Å². The second-order valence-corrected chi connectivity index (χ2v) is 6.89. The van der Waals surface area contributed by atoms with Crippen LogP contribution < -0.4 is 5.73 Å². The van der Waals surface area contributed by atoms with Crippen LogP contribution in [-0.2, 0) is 0 Å². The summed E-state index contributed by atoms with van der Waals surface area (Å²) in [5.74, 6) is 0.550. The van der Waals surface area contributed by atoms with Gasteiger partial charge >= 0.3 is 0 Å². The quantitative estimate of drug-likeness (QED) is 0.804. The van der Waals surface area contributed by atoms with Gasteiger partial charge in [-0.2, -0.15) is 0 Å². The number of aromatic nitrogens is 1. The normalized spacial score (nSPS) is 15.6. The molecule has 0 spiro atoms. The van der Waals surface area contributed by atoms with E-state index in [9.17, 15) is 4.79 Å². The van der Waals surface area contributed by atoms with Crippen molar-refractivity contribution < 1.29 is 4.79 Å². The van der Waals surface area contributed by atoms with Crippen molar-refractivity contribution in [3.63, 3.8) is 0 Å². The van der Waals surface area contributed by atoms with Crippen LogP contribution in [0.25, 0.3) is 11.1 Å². The molecule has 0 aliphatic carbocycles. The Morgan fingerprint density at radius 3 is 2.35 bits per heavy atom. The van der Waals surface area contributed by atoms with Crippen LogP contribution in [0.15, 0.2) is 42.7 Å². The SMILES string of the molecule is CC(N)C1CCN(C(=O)c2cncc(-c3ccc(Cl)cc3)c2)CC1.Cl.Cl. The molecule has 2 aromatic rings. The Morgan fingerprint density at radius 1 is 1.15 bits per heavy atom. The molecule has 1 amide bonds. The highest BCUT2D eigenvalue weighted by Crippen LogP contribution is 2.24. The molecule has 26 heavy (non-hydrogen) atoms. The monoisotopic (exact) mass is 415 g/mol. The van der Waals surface area contributed by atoms with Gasteiger partial charge < -0.3 is 10.6 Å². The molecule has 1 aromatic heterocycles. The highest BCUT2D eigenvalue weighted by molar-refractivity contribution is 6.30. The smallest absolute Gasteiger partial charge is 0.255 e. The number of amides is 1. The van der Waals surface area contributed by atoms with E-state index in [4.69, 9.17) is 17.3 Å². The van der Waals surface area contributed by atoms with Crippen molar-refractivity contribution in [1.82, 2.24) is 9.88 Å². The first-order valence-electron chi connectivity index (χ1n) is 8.30. The average molecular weight is 417 g/mol. The number of carbonyl (C=O) groups excluding carboxylic acids is 1. The van der Waals surface area contributed by atoms with Crippen LogP contribution in [0.3, 0.4) is 0 Å². The van der Waals surface area contributed by atoms with Crippen LogP contribution in [0, 0.1) is 5.92 Å². The number of hydrogen-bond donors (Lipinski definition) is 1. The molecule has 2 N–H and O–H groups in total. The third-order valence-corrected chi connectivity index (χ3v) is 4.99. The van der Waals surface area contributed by atoms with Crippen LogP contribution in [0.5, 0.6) is 0 Å². The van der Waals surface area contributed by atoms with Crippen molar-refractivity contribution in [3.05, 3.63) is 53.3 Å². The first-order chi connectivity index (χ1) is 11.5. The Balaban J connectivity index is 0.00000169. The number of hydrogen-bond acceptors (Lipinski definition) is 3. The number of piperidine rings is 1. The molecule has 1 aliphatic heterocycles. The Hall–Kier alpha value is -1.33. The fraction of sp³-hybridized carbons (Fsp3) is 0.368. The van der Waals surface area contributed by atoms with Crippen molar-refractivity contribution in [2.45, 2.75) is 25.8 Å². The highest BCUT2D eigenvalue weighted by atomic mass is 35.5. The number of carbonyl (C=O) groups is 1. The van der Waals surface area contributed by atoms with E-state index in [1.54, 1.807) is 12.4 Å². The molecule has 142 valence electrons. The highest BCUT2D eigenvalue weighted by Gasteiger charge is 2.25. The molecule has 1 aliphatic rings. The molecule has 4 nitrogen and oxygen atoms in total. The maximum absolute atomic E-state index is 12.7. The number of rotatable bonds is 3. The summed E-state index contributed by atoms with van der Waals surface area (Å²) in [5.41, 5.74) is 8.52. The lowest BCUT2D eigenvalue weighted by molar-refractivity contribution is 0.0680. The van der Waals surface area contributed by atoms with E-state index in [0.717, 1.165) is 37.1 Å². The minimum atomic E-state index is 0. The minimum Gasteiger partial charge on any atom is -0.339 e. The molecule has 1 fully saturated rings. The standard InChI is InChI=1S/C19H22ClN3O.2ClH/c1-13(21)14-6-8-23(9-7-14)19(24)17-10-16(11-22-12-17)15-2-4-18(20)5-3-15;;/h2-5,10-14H,6-9,21H2,1H3;2*1H. The Morgan fingerprint density at radius 2 is 1.77 bits per heavy atom. The minimum absolute atomic E-state index is 0. The van der Waals surface area contributed by atoms with Crippen LogP contribution >= 0.6 is 36.4 Å². The van der Waals surface area contributed by atoms with Gasteiger partial charge in [0, 0.05) is 42.1 Å². The molecule has 0 bridgehead atoms. The number of nitrogens with zero attached hydrogens (tertiary/aromatic N) is 2. The number of nitrogens with two attached hydrogens (primary N) is 1. The molecule has 3 rings (SSSR count). The van der Waals surface area contributed by atoms with E-state index < -0.39 is 0 Å². The van der Waals surface area contributed by atoms with Gasteiger partial charge in [-0.1, -0.05) is 23.7 Å². The fourth-order valence-corrected chi connectivity index (χ4v) is 3.29. The Labute approximate surface area is 171 Å². The van der Waals surface area contributed by atoms with Crippen molar-refractivity contribution in [1.29, 1.82) is 0 Å². The van der Waals surface area contributed by atoms with Crippen molar-refractivity contribution >= 4 is 42.3 Å². The third-order valence-electron chi connectivity index (χ3n) is 4.73. The predicted molar refractivity (Wildman–Crippen MR) is 111 cm³/mol. The van der Waals surface area contributed by atoms with Gasteiger partial charge in [-0.3, -0.25) is 9.78 Å². The molecule has 0 saturated carbocycles. The van der Waals surface area contributed by atoms with Gasteiger partial charge in [0.15, 0.2) is 0 Å². The summed E-state index contributed by atoms with van der Waals surface area (Å²) in [6.45, 7) is 3.56. The van der Waals surface area contributed by atoms with Crippen LogP contribution in [-0.4, -0.2) is 34.9 Å². The van der Waals surface area contributed by atoms with E-state index >= 15 is 0 Å². The van der Waals surface area contributed by atoms with E-state index in [0.29, 0.717) is 16.5 Å². The summed E-state index contributed by atoms with van der Waals surface area (Å²) in [6, 6.07) is 9.63. The van der Waals surface area contributed by atoms with E-state index in [2.05, 4.69) is 4.98 Å². The molecular formula is C19H24Cl3N3O. The number of likely N-dealkylation sites (tertiary alicyclic amines) is 1. The van der Waals surface area contributed by atoms with Crippen LogP contribution in [0.2, 0.25) is 5.02 Å². The Bertz CT molecular complexity index is 714. The molecule has 0 radical (unpaired) electrons. The van der Waals surface area contributed by atoms with Gasteiger partial charge in [0.05, 0.1) is 5.56 Å². The zero-order valence-electron chi connectivity index (χ0n) is 14.6. The molecule has 1 unspecified atom stereocenters. The molecular weight excluding hydrogens is 393 g/mol. The molecule has 1 saturated heterocycles. The van der Waals surface area contributed by atoms with Crippen molar-refractivity contribution in [3.8, 4) is 11.1 Å². The zero-order chi connectivity index (χ0) is 17.1. The maximum Gasteiger partial charge on any atom is 0.255 e. The first-order valence-corrected chi connectivity index (χ1v) is 8.68. The number of halogens is 3. The lowest BCUT2D eigenvalue weighted by atomic mass is 9.90. The predicted octanol–water partition coefficient (Wildman–Crippen LogP) is 4.45. The molecule has 1 aromatic carbocycles. The zero-order valence-corrected chi connectivity index (χ0v) is 17.0.